The van der Waals surface area contributed by atoms with Crippen LogP contribution in [0.4, 0.5) is 10.1 Å². The highest BCUT2D eigenvalue weighted by molar-refractivity contribution is 8.01. The minimum Gasteiger partial charge on any atom is -0.324 e. The van der Waals surface area contributed by atoms with Crippen LogP contribution in [0.5, 0.6) is 0 Å². The quantitative estimate of drug-likeness (QED) is 0.257. The summed E-state index contributed by atoms with van der Waals surface area (Å²) < 4.78 is 15.7. The lowest BCUT2D eigenvalue weighted by Gasteiger charge is -2.08. The number of thioether (sulfide) groups is 1. The zero-order valence-electron chi connectivity index (χ0n) is 13.2. The van der Waals surface area contributed by atoms with Gasteiger partial charge in [-0.3, -0.25) is 4.79 Å². The molecule has 0 bridgehead atoms. The second kappa shape index (κ2) is 8.89. The highest BCUT2D eigenvalue weighted by Crippen LogP contribution is 2.32. The first-order valence-electron chi connectivity index (χ1n) is 7.27. The standard InChI is InChI=1S/C16H9Cl3FN3OS3/c17-10-5-12(19)13(6-11(10)18)21-14(24)7-26-15-22-23(16(25)27-15)9-3-1-8(20)2-4-9/h1-6H,7H2,(H,21,24). The van der Waals surface area contributed by atoms with Crippen LogP contribution in [0.25, 0.3) is 5.69 Å². The van der Waals surface area contributed by atoms with Gasteiger partial charge in [0, 0.05) is 0 Å². The summed E-state index contributed by atoms with van der Waals surface area (Å²) in [5.74, 6) is -0.523. The molecule has 0 radical (unpaired) electrons. The molecule has 1 amide bonds. The van der Waals surface area contributed by atoms with E-state index in [2.05, 4.69) is 10.4 Å². The number of aromatic nitrogens is 2. The molecule has 0 aliphatic heterocycles. The summed E-state index contributed by atoms with van der Waals surface area (Å²) in [7, 11) is 0. The smallest absolute Gasteiger partial charge is 0.234 e. The first-order chi connectivity index (χ1) is 12.8. The third-order valence-corrected chi connectivity index (χ3v) is 6.61. The van der Waals surface area contributed by atoms with Crippen molar-refractivity contribution in [3.05, 3.63) is 61.2 Å². The van der Waals surface area contributed by atoms with Crippen molar-refractivity contribution >= 4 is 81.7 Å². The van der Waals surface area contributed by atoms with Crippen molar-refractivity contribution in [2.75, 3.05) is 11.1 Å². The van der Waals surface area contributed by atoms with Gasteiger partial charge in [-0.1, -0.05) is 57.9 Å². The Balaban J connectivity index is 1.66. The fourth-order valence-electron chi connectivity index (χ4n) is 2.00. The number of anilines is 1. The molecule has 1 heterocycles. The van der Waals surface area contributed by atoms with E-state index in [1.165, 1.54) is 52.0 Å². The van der Waals surface area contributed by atoms with Gasteiger partial charge < -0.3 is 5.32 Å². The van der Waals surface area contributed by atoms with Crippen LogP contribution in [0.1, 0.15) is 0 Å². The summed E-state index contributed by atoms with van der Waals surface area (Å²) in [5, 5.41) is 7.92. The molecular weight excluding hydrogens is 472 g/mol. The topological polar surface area (TPSA) is 46.9 Å². The Morgan fingerprint density at radius 3 is 2.56 bits per heavy atom. The molecule has 1 aromatic heterocycles. The zero-order valence-corrected chi connectivity index (χ0v) is 17.9. The van der Waals surface area contributed by atoms with Crippen molar-refractivity contribution in [3.63, 3.8) is 0 Å². The summed E-state index contributed by atoms with van der Waals surface area (Å²) in [6.45, 7) is 0. The van der Waals surface area contributed by atoms with Gasteiger partial charge in [0.25, 0.3) is 0 Å². The summed E-state index contributed by atoms with van der Waals surface area (Å²) in [5.41, 5.74) is 1.03. The SMILES string of the molecule is O=C(CSc1nn(-c2ccc(F)cc2)c(=S)s1)Nc1cc(Cl)c(Cl)cc1Cl. The maximum atomic E-state index is 13.0. The minimum atomic E-state index is -0.340. The molecule has 3 rings (SSSR count). The maximum Gasteiger partial charge on any atom is 0.234 e. The first kappa shape index (κ1) is 20.6. The molecule has 0 fully saturated rings. The second-order valence-corrected chi connectivity index (χ2v) is 9.17. The van der Waals surface area contributed by atoms with Crippen LogP contribution >= 0.6 is 70.1 Å². The Hall–Kier alpha value is -1.16. The third-order valence-electron chi connectivity index (χ3n) is 3.21. The molecule has 140 valence electrons. The zero-order chi connectivity index (χ0) is 19.6. The maximum absolute atomic E-state index is 13.0. The van der Waals surface area contributed by atoms with Crippen molar-refractivity contribution in [2.24, 2.45) is 0 Å². The number of nitrogens with zero attached hydrogens (tertiary/aromatic N) is 2. The number of benzene rings is 2. The Bertz CT molecular complexity index is 1050. The van der Waals surface area contributed by atoms with E-state index in [9.17, 15) is 9.18 Å². The van der Waals surface area contributed by atoms with E-state index in [0.717, 1.165) is 0 Å². The lowest BCUT2D eigenvalue weighted by Crippen LogP contribution is -2.14. The first-order valence-corrected chi connectivity index (χ1v) is 10.6. The third kappa shape index (κ3) is 5.22. The van der Waals surface area contributed by atoms with E-state index in [-0.39, 0.29) is 17.5 Å². The fourth-order valence-corrected chi connectivity index (χ4v) is 4.75. The largest absolute Gasteiger partial charge is 0.324 e. The molecule has 1 N–H and O–H groups in total. The number of halogens is 4. The molecule has 0 atom stereocenters. The van der Waals surface area contributed by atoms with Gasteiger partial charge >= 0.3 is 0 Å². The van der Waals surface area contributed by atoms with Gasteiger partial charge in [0.1, 0.15) is 5.82 Å². The van der Waals surface area contributed by atoms with E-state index in [1.54, 1.807) is 12.1 Å². The number of nitrogens with one attached hydrogen (secondary N) is 1. The predicted molar refractivity (Wildman–Crippen MR) is 113 cm³/mol. The normalized spacial score (nSPS) is 10.8. The predicted octanol–water partition coefficient (Wildman–Crippen LogP) is 6.49. The summed E-state index contributed by atoms with van der Waals surface area (Å²) in [4.78, 5) is 12.2. The highest BCUT2D eigenvalue weighted by Gasteiger charge is 2.12. The van der Waals surface area contributed by atoms with Crippen molar-refractivity contribution in [3.8, 4) is 5.69 Å². The molecule has 3 aromatic rings. The van der Waals surface area contributed by atoms with Gasteiger partial charge in [0.2, 0.25) is 5.91 Å². The molecule has 11 heteroatoms. The van der Waals surface area contributed by atoms with Crippen LogP contribution in [0.3, 0.4) is 0 Å². The summed E-state index contributed by atoms with van der Waals surface area (Å²) in [6.07, 6.45) is 0. The number of hydrogen-bond acceptors (Lipinski definition) is 5. The van der Waals surface area contributed by atoms with Crippen molar-refractivity contribution in [1.82, 2.24) is 9.78 Å². The molecule has 0 spiro atoms. The van der Waals surface area contributed by atoms with Gasteiger partial charge in [-0.15, -0.1) is 5.10 Å². The summed E-state index contributed by atoms with van der Waals surface area (Å²) in [6, 6.07) is 8.78. The fraction of sp³-hybridized carbons (Fsp3) is 0.0625. The van der Waals surface area contributed by atoms with Crippen LogP contribution in [0.15, 0.2) is 40.7 Å². The second-order valence-electron chi connectivity index (χ2n) is 5.11. The molecule has 4 nitrogen and oxygen atoms in total. The number of rotatable bonds is 5. The van der Waals surface area contributed by atoms with E-state index in [1.807, 2.05) is 0 Å². The molecule has 0 saturated heterocycles. The average Bonchev–Trinajstić information content (AvgIpc) is 2.99. The van der Waals surface area contributed by atoms with Crippen molar-refractivity contribution < 1.29 is 9.18 Å². The number of amides is 1. The molecule has 0 saturated carbocycles. The van der Waals surface area contributed by atoms with Gasteiger partial charge in [0.15, 0.2) is 8.29 Å². The molecule has 27 heavy (non-hydrogen) atoms. The van der Waals surface area contributed by atoms with Gasteiger partial charge in [0.05, 0.1) is 32.2 Å². The van der Waals surface area contributed by atoms with Crippen LogP contribution < -0.4 is 5.32 Å². The van der Waals surface area contributed by atoms with Crippen molar-refractivity contribution in [2.45, 2.75) is 4.34 Å². The molecule has 0 aliphatic carbocycles. The van der Waals surface area contributed by atoms with E-state index in [4.69, 9.17) is 47.0 Å². The molecule has 2 aromatic carbocycles. The molecular formula is C16H9Cl3FN3OS3. The highest BCUT2D eigenvalue weighted by atomic mass is 35.5. The number of carbonyl (C=O) groups is 1. The lowest BCUT2D eigenvalue weighted by molar-refractivity contribution is -0.113. The minimum absolute atomic E-state index is 0.0995. The van der Waals surface area contributed by atoms with E-state index in [0.29, 0.717) is 34.7 Å². The van der Waals surface area contributed by atoms with Crippen LogP contribution in [-0.2, 0) is 4.79 Å². The van der Waals surface area contributed by atoms with Crippen molar-refractivity contribution in [1.29, 1.82) is 0 Å². The number of hydrogen-bond donors (Lipinski definition) is 1. The summed E-state index contributed by atoms with van der Waals surface area (Å²) >= 11 is 25.6. The molecule has 0 aliphatic rings. The van der Waals surface area contributed by atoms with E-state index >= 15 is 0 Å². The number of carbonyl (C=O) groups excluding carboxylic acids is 1. The Kier molecular flexibility index (Phi) is 6.78. The van der Waals surface area contributed by atoms with Gasteiger partial charge in [-0.25, -0.2) is 9.07 Å². The monoisotopic (exact) mass is 479 g/mol. The van der Waals surface area contributed by atoms with E-state index < -0.39 is 0 Å². The van der Waals surface area contributed by atoms with Gasteiger partial charge in [-0.05, 0) is 48.6 Å². The molecule has 0 unspecified atom stereocenters. The Labute approximate surface area is 182 Å². The Morgan fingerprint density at radius 2 is 1.85 bits per heavy atom. The lowest BCUT2D eigenvalue weighted by atomic mass is 10.3. The van der Waals surface area contributed by atoms with Gasteiger partial charge in [-0.2, -0.15) is 0 Å². The Morgan fingerprint density at radius 1 is 1.19 bits per heavy atom. The van der Waals surface area contributed by atoms with Crippen LogP contribution in [-0.4, -0.2) is 21.4 Å². The van der Waals surface area contributed by atoms with Crippen LogP contribution in [0, 0.1) is 9.77 Å². The average molecular weight is 481 g/mol. The van der Waals surface area contributed by atoms with Crippen LogP contribution in [0.2, 0.25) is 15.1 Å².